The van der Waals surface area contributed by atoms with Crippen LogP contribution >= 0.6 is 0 Å². The van der Waals surface area contributed by atoms with Gasteiger partial charge in [0.05, 0.1) is 11.4 Å². The molecule has 1 fully saturated rings. The van der Waals surface area contributed by atoms with Crippen molar-refractivity contribution in [1.29, 1.82) is 0 Å². The Hall–Kier alpha value is -3.96. The maximum atomic E-state index is 13.6. The molecule has 2 amide bonds. The van der Waals surface area contributed by atoms with Gasteiger partial charge in [-0.05, 0) is 31.1 Å². The monoisotopic (exact) mass is 476 g/mol. The highest BCUT2D eigenvalue weighted by Gasteiger charge is 2.36. The van der Waals surface area contributed by atoms with Crippen LogP contribution < -0.4 is 16.0 Å². The number of halogens is 3. The number of Topliss-reactive ketones (excluding diaryl/α,β-unsaturated/α-hetero) is 1. The van der Waals surface area contributed by atoms with Gasteiger partial charge in [-0.15, -0.1) is 0 Å². The standard InChI is InChI=1S/C22H23F3N6O3/c1-3-18(33)28-16-8-4-5-9-17(16)29-19-15(22(23,24)25)11-26-21(30-19)27-14-7-6-10-31(12-14)20(34)13(2)32/h3-5,8-9,11,14H,1,6-7,10,12H2,2H3,(H,28,33)(H2,26,27,29,30)/t14-/m0/s1. The topological polar surface area (TPSA) is 116 Å². The van der Waals surface area contributed by atoms with E-state index in [1.165, 1.54) is 24.0 Å². The molecule has 2 heterocycles. The molecule has 0 unspecified atom stereocenters. The van der Waals surface area contributed by atoms with E-state index in [1.807, 2.05) is 0 Å². The molecule has 0 bridgehead atoms. The van der Waals surface area contributed by atoms with Gasteiger partial charge >= 0.3 is 6.18 Å². The van der Waals surface area contributed by atoms with Crippen LogP contribution in [-0.2, 0) is 20.6 Å². The van der Waals surface area contributed by atoms with Crippen LogP contribution in [0, 0.1) is 0 Å². The summed E-state index contributed by atoms with van der Waals surface area (Å²) in [6.45, 7) is 5.16. The van der Waals surface area contributed by atoms with Crippen LogP contribution in [0.15, 0.2) is 43.1 Å². The lowest BCUT2D eigenvalue weighted by Gasteiger charge is -2.32. The fraction of sp³-hybridized carbons (Fsp3) is 0.318. The summed E-state index contributed by atoms with van der Waals surface area (Å²) in [5.74, 6) is -2.32. The van der Waals surface area contributed by atoms with Crippen molar-refractivity contribution >= 4 is 40.7 Å². The van der Waals surface area contributed by atoms with Crippen molar-refractivity contribution in [3.8, 4) is 0 Å². The highest BCUT2D eigenvalue weighted by molar-refractivity contribution is 6.35. The molecule has 12 heteroatoms. The van der Waals surface area contributed by atoms with E-state index in [4.69, 9.17) is 0 Å². The van der Waals surface area contributed by atoms with Crippen molar-refractivity contribution in [3.05, 3.63) is 48.7 Å². The molecular formula is C22H23F3N6O3. The predicted molar refractivity (Wildman–Crippen MR) is 119 cm³/mol. The van der Waals surface area contributed by atoms with E-state index < -0.39 is 35.2 Å². The number of hydrogen-bond donors (Lipinski definition) is 3. The first-order valence-corrected chi connectivity index (χ1v) is 10.4. The number of piperidine rings is 1. The largest absolute Gasteiger partial charge is 0.421 e. The molecule has 1 aromatic carbocycles. The highest BCUT2D eigenvalue weighted by Crippen LogP contribution is 2.36. The fourth-order valence-corrected chi connectivity index (χ4v) is 3.45. The molecule has 3 rings (SSSR count). The predicted octanol–water partition coefficient (Wildman–Crippen LogP) is 3.36. The number of benzene rings is 1. The summed E-state index contributed by atoms with van der Waals surface area (Å²) >= 11 is 0. The van der Waals surface area contributed by atoms with E-state index >= 15 is 0 Å². The number of ketones is 1. The number of anilines is 4. The number of nitrogens with zero attached hydrogens (tertiary/aromatic N) is 3. The van der Waals surface area contributed by atoms with Gasteiger partial charge in [-0.3, -0.25) is 14.4 Å². The summed E-state index contributed by atoms with van der Waals surface area (Å²) in [5, 5.41) is 8.09. The minimum absolute atomic E-state index is 0.0785. The normalized spacial score (nSPS) is 15.9. The summed E-state index contributed by atoms with van der Waals surface area (Å²) in [6.07, 6.45) is -1.82. The maximum absolute atomic E-state index is 13.6. The van der Waals surface area contributed by atoms with Gasteiger partial charge in [-0.1, -0.05) is 18.7 Å². The number of aromatic nitrogens is 2. The first-order chi connectivity index (χ1) is 16.1. The average molecular weight is 476 g/mol. The van der Waals surface area contributed by atoms with Crippen molar-refractivity contribution < 1.29 is 27.6 Å². The zero-order valence-corrected chi connectivity index (χ0v) is 18.3. The Bertz CT molecular complexity index is 1110. The molecule has 1 aliphatic heterocycles. The van der Waals surface area contributed by atoms with Gasteiger partial charge in [0.15, 0.2) is 0 Å². The van der Waals surface area contributed by atoms with E-state index in [9.17, 15) is 27.6 Å². The Labute approximate surface area is 193 Å². The lowest BCUT2D eigenvalue weighted by Crippen LogP contribution is -2.47. The molecule has 1 saturated heterocycles. The van der Waals surface area contributed by atoms with Crippen LogP contribution in [0.2, 0.25) is 0 Å². The number of amides is 2. The first kappa shape index (κ1) is 24.7. The number of carbonyl (C=O) groups is 3. The Morgan fingerprint density at radius 1 is 1.21 bits per heavy atom. The number of carbonyl (C=O) groups excluding carboxylic acids is 3. The second-order valence-electron chi connectivity index (χ2n) is 7.61. The van der Waals surface area contributed by atoms with E-state index in [0.29, 0.717) is 25.6 Å². The maximum Gasteiger partial charge on any atom is 0.421 e. The molecule has 180 valence electrons. The zero-order chi connectivity index (χ0) is 24.9. The third-order valence-electron chi connectivity index (χ3n) is 5.06. The van der Waals surface area contributed by atoms with Crippen LogP contribution in [0.1, 0.15) is 25.3 Å². The van der Waals surface area contributed by atoms with Gasteiger partial charge < -0.3 is 20.9 Å². The van der Waals surface area contributed by atoms with Gasteiger partial charge in [-0.25, -0.2) is 4.98 Å². The first-order valence-electron chi connectivity index (χ1n) is 10.4. The molecule has 0 radical (unpaired) electrons. The minimum Gasteiger partial charge on any atom is -0.350 e. The van der Waals surface area contributed by atoms with Crippen molar-refractivity contribution in [2.45, 2.75) is 32.0 Å². The van der Waals surface area contributed by atoms with E-state index in [0.717, 1.165) is 6.08 Å². The van der Waals surface area contributed by atoms with Gasteiger partial charge in [0.25, 0.3) is 5.91 Å². The molecule has 0 saturated carbocycles. The number of nitrogens with one attached hydrogen (secondary N) is 3. The van der Waals surface area contributed by atoms with E-state index in [1.54, 1.807) is 12.1 Å². The van der Waals surface area contributed by atoms with Crippen LogP contribution in [-0.4, -0.2) is 51.6 Å². The van der Waals surface area contributed by atoms with E-state index in [-0.39, 0.29) is 29.9 Å². The molecule has 1 aliphatic rings. The zero-order valence-electron chi connectivity index (χ0n) is 18.3. The molecule has 1 atom stereocenters. The van der Waals surface area contributed by atoms with Crippen LogP contribution in [0.4, 0.5) is 36.3 Å². The van der Waals surface area contributed by atoms with Crippen LogP contribution in [0.5, 0.6) is 0 Å². The van der Waals surface area contributed by atoms with Gasteiger partial charge in [-0.2, -0.15) is 18.2 Å². The molecule has 34 heavy (non-hydrogen) atoms. The third-order valence-corrected chi connectivity index (χ3v) is 5.06. The molecule has 0 spiro atoms. The van der Waals surface area contributed by atoms with Gasteiger partial charge in [0.1, 0.15) is 11.4 Å². The second-order valence-corrected chi connectivity index (χ2v) is 7.61. The molecule has 0 aliphatic carbocycles. The number of alkyl halides is 3. The Balaban J connectivity index is 1.87. The summed E-state index contributed by atoms with van der Waals surface area (Å²) in [7, 11) is 0. The SMILES string of the molecule is C=CC(=O)Nc1ccccc1Nc1nc(N[C@H]2CCCN(C(=O)C(C)=O)C2)ncc1C(F)(F)F. The Morgan fingerprint density at radius 2 is 1.91 bits per heavy atom. The van der Waals surface area contributed by atoms with Crippen molar-refractivity contribution in [1.82, 2.24) is 14.9 Å². The summed E-state index contributed by atoms with van der Waals surface area (Å²) in [4.78, 5) is 44.3. The van der Waals surface area contributed by atoms with Gasteiger partial charge in [0.2, 0.25) is 17.6 Å². The highest BCUT2D eigenvalue weighted by atomic mass is 19.4. The quantitative estimate of drug-likeness (QED) is 0.415. The van der Waals surface area contributed by atoms with Crippen LogP contribution in [0.25, 0.3) is 0 Å². The number of rotatable bonds is 7. The summed E-state index contributed by atoms with van der Waals surface area (Å²) in [6, 6.07) is 5.85. The van der Waals surface area contributed by atoms with Crippen molar-refractivity contribution in [2.24, 2.45) is 0 Å². The third kappa shape index (κ3) is 6.09. The molecule has 9 nitrogen and oxygen atoms in total. The lowest BCUT2D eigenvalue weighted by molar-refractivity contribution is -0.144. The Morgan fingerprint density at radius 3 is 2.56 bits per heavy atom. The molecule has 1 aromatic heterocycles. The number of likely N-dealkylation sites (tertiary alicyclic amines) is 1. The van der Waals surface area contributed by atoms with E-state index in [2.05, 4.69) is 32.5 Å². The summed E-state index contributed by atoms with van der Waals surface area (Å²) < 4.78 is 40.9. The average Bonchev–Trinajstić information content (AvgIpc) is 2.79. The smallest absolute Gasteiger partial charge is 0.350 e. The number of hydrogen-bond acceptors (Lipinski definition) is 7. The minimum atomic E-state index is -4.74. The second kappa shape index (κ2) is 10.3. The molecule has 2 aromatic rings. The molecular weight excluding hydrogens is 453 g/mol. The Kier molecular flexibility index (Phi) is 7.49. The van der Waals surface area contributed by atoms with Gasteiger partial charge in [0, 0.05) is 32.3 Å². The lowest BCUT2D eigenvalue weighted by atomic mass is 10.1. The van der Waals surface area contributed by atoms with Crippen molar-refractivity contribution in [3.63, 3.8) is 0 Å². The summed E-state index contributed by atoms with van der Waals surface area (Å²) in [5.41, 5.74) is -0.678. The molecule has 3 N–H and O–H groups in total. The fourth-order valence-electron chi connectivity index (χ4n) is 3.45. The number of para-hydroxylation sites is 2. The van der Waals surface area contributed by atoms with Crippen molar-refractivity contribution in [2.75, 3.05) is 29.0 Å². The van der Waals surface area contributed by atoms with Crippen LogP contribution in [0.3, 0.4) is 0 Å².